The first-order valence-electron chi connectivity index (χ1n) is 10.8. The third kappa shape index (κ3) is 4.56. The van der Waals surface area contributed by atoms with E-state index in [-0.39, 0.29) is 27.0 Å². The summed E-state index contributed by atoms with van der Waals surface area (Å²) in [4.78, 5) is 13.8. The smallest absolute Gasteiger partial charge is 0.197 e. The van der Waals surface area contributed by atoms with Gasteiger partial charge in [0, 0.05) is 30.5 Å². The highest BCUT2D eigenvalue weighted by molar-refractivity contribution is 14.1. The van der Waals surface area contributed by atoms with Crippen molar-refractivity contribution in [3.63, 3.8) is 0 Å². The third-order valence-corrected chi connectivity index (χ3v) is 8.53. The highest BCUT2D eigenvalue weighted by atomic mass is 127. The third-order valence-electron chi connectivity index (χ3n) is 7.44. The zero-order valence-electron chi connectivity index (χ0n) is 17.2. The number of rotatable bonds is 6. The maximum Gasteiger partial charge on any atom is 0.197 e. The van der Waals surface area contributed by atoms with Gasteiger partial charge in [0.05, 0.1) is 17.3 Å². The van der Waals surface area contributed by atoms with Crippen molar-refractivity contribution < 1.29 is 13.9 Å². The van der Waals surface area contributed by atoms with Crippen LogP contribution in [0.2, 0.25) is 5.02 Å². The molecule has 6 heteroatoms. The lowest BCUT2D eigenvalue weighted by molar-refractivity contribution is -0.112. The standard InChI is InChI=1S/C23H30ClFINO2/c1-23(11-14-6-7-15(8-14)12-23)13-29-21-10-18(25)20(9-17(21)24)27(2)19-5-3-4-16(19)22(26)28/h9-10,14-16,19H,3-8,11-13H2,1-2H3/t14-,15+,16-,19-,23?/m1/s1. The van der Waals surface area contributed by atoms with E-state index in [1.807, 2.05) is 34.5 Å². The van der Waals surface area contributed by atoms with Crippen molar-refractivity contribution in [2.45, 2.75) is 64.3 Å². The Kier molecular flexibility index (Phi) is 6.37. The van der Waals surface area contributed by atoms with Crippen LogP contribution >= 0.6 is 34.2 Å². The minimum atomic E-state index is -0.340. The van der Waals surface area contributed by atoms with Gasteiger partial charge in [-0.1, -0.05) is 37.8 Å². The number of anilines is 1. The van der Waals surface area contributed by atoms with Gasteiger partial charge < -0.3 is 9.64 Å². The average Bonchev–Trinajstić information content (AvgIpc) is 3.28. The van der Waals surface area contributed by atoms with Crippen molar-refractivity contribution in [3.05, 3.63) is 23.0 Å². The van der Waals surface area contributed by atoms with Crippen LogP contribution in [0.1, 0.15) is 58.3 Å². The number of halogens is 3. The number of benzene rings is 1. The van der Waals surface area contributed by atoms with Crippen molar-refractivity contribution in [1.82, 2.24) is 0 Å². The Morgan fingerprint density at radius 1 is 1.28 bits per heavy atom. The summed E-state index contributed by atoms with van der Waals surface area (Å²) >= 11 is 8.37. The highest BCUT2D eigenvalue weighted by Crippen LogP contribution is 2.50. The van der Waals surface area contributed by atoms with E-state index in [4.69, 9.17) is 16.3 Å². The van der Waals surface area contributed by atoms with E-state index in [9.17, 15) is 9.18 Å². The molecule has 0 aromatic heterocycles. The van der Waals surface area contributed by atoms with Gasteiger partial charge >= 0.3 is 0 Å². The van der Waals surface area contributed by atoms with Crippen molar-refractivity contribution in [3.8, 4) is 5.75 Å². The lowest BCUT2D eigenvalue weighted by atomic mass is 9.71. The molecule has 1 aromatic rings. The molecule has 0 spiro atoms. The number of nitrogens with zero attached hydrogens (tertiary/aromatic N) is 1. The monoisotopic (exact) mass is 533 g/mol. The first-order chi connectivity index (χ1) is 13.8. The predicted octanol–water partition coefficient (Wildman–Crippen LogP) is 6.64. The van der Waals surface area contributed by atoms with Gasteiger partial charge in [0.25, 0.3) is 0 Å². The Hall–Kier alpha value is -0.560. The highest BCUT2D eigenvalue weighted by Gasteiger charge is 2.41. The first-order valence-corrected chi connectivity index (χ1v) is 12.3. The van der Waals surface area contributed by atoms with Gasteiger partial charge in [0.1, 0.15) is 11.6 Å². The SMILES string of the molecule is CN(c1cc(Cl)c(OCC2(C)C[C@@H]3CC[C@@H](C3)C2)cc1F)[C@@H]1CCC[C@H]1C(=O)I. The van der Waals surface area contributed by atoms with Crippen molar-refractivity contribution >= 4 is 43.7 Å². The Balaban J connectivity index is 1.46. The second-order valence-electron chi connectivity index (χ2n) is 9.81. The van der Waals surface area contributed by atoms with E-state index in [0.717, 1.165) is 31.1 Å². The van der Waals surface area contributed by atoms with Gasteiger partial charge in [-0.25, -0.2) is 4.39 Å². The molecular formula is C23H30ClFINO2. The molecule has 3 aliphatic rings. The lowest BCUT2D eigenvalue weighted by Crippen LogP contribution is -2.37. The number of ether oxygens (including phenoxy) is 1. The molecule has 3 aliphatic carbocycles. The fourth-order valence-electron chi connectivity index (χ4n) is 6.14. The van der Waals surface area contributed by atoms with Gasteiger partial charge in [0.2, 0.25) is 0 Å². The molecule has 160 valence electrons. The molecule has 5 atom stereocenters. The normalized spacial score (nSPS) is 33.7. The summed E-state index contributed by atoms with van der Waals surface area (Å²) in [6, 6.07) is 3.10. The van der Waals surface area contributed by atoms with Crippen LogP contribution in [0.3, 0.4) is 0 Å². The first kappa shape index (κ1) is 21.7. The van der Waals surface area contributed by atoms with Crippen molar-refractivity contribution in [1.29, 1.82) is 0 Å². The van der Waals surface area contributed by atoms with Crippen LogP contribution < -0.4 is 9.64 Å². The van der Waals surface area contributed by atoms with Crippen LogP contribution in [0.15, 0.2) is 12.1 Å². The minimum Gasteiger partial charge on any atom is -0.491 e. The van der Waals surface area contributed by atoms with E-state index in [2.05, 4.69) is 6.92 Å². The molecule has 4 rings (SSSR count). The van der Waals surface area contributed by atoms with E-state index in [1.54, 1.807) is 6.07 Å². The zero-order valence-corrected chi connectivity index (χ0v) is 20.1. The topological polar surface area (TPSA) is 29.5 Å². The quantitative estimate of drug-likeness (QED) is 0.303. The lowest BCUT2D eigenvalue weighted by Gasteiger charge is -2.37. The van der Waals surface area contributed by atoms with Gasteiger partial charge in [-0.05, 0) is 72.6 Å². The van der Waals surface area contributed by atoms with Crippen LogP contribution in [0, 0.1) is 29.0 Å². The van der Waals surface area contributed by atoms with Crippen molar-refractivity contribution in [2.75, 3.05) is 18.6 Å². The minimum absolute atomic E-state index is 0.0216. The molecular weight excluding hydrogens is 504 g/mol. The van der Waals surface area contributed by atoms with Crippen molar-refractivity contribution in [2.24, 2.45) is 23.2 Å². The number of carbonyl (C=O) groups is 1. The molecule has 1 aromatic carbocycles. The van der Waals surface area contributed by atoms with Crippen LogP contribution in [-0.4, -0.2) is 23.5 Å². The molecule has 3 nitrogen and oxygen atoms in total. The van der Waals surface area contributed by atoms with Crippen LogP contribution in [0.5, 0.6) is 5.75 Å². The predicted molar refractivity (Wildman–Crippen MR) is 124 cm³/mol. The Bertz CT molecular complexity index is 776. The fraction of sp³-hybridized carbons (Fsp3) is 0.696. The molecule has 3 fully saturated rings. The van der Waals surface area contributed by atoms with E-state index in [0.29, 0.717) is 23.1 Å². The summed E-state index contributed by atoms with van der Waals surface area (Å²) in [5, 5.41) is 0.436. The second-order valence-corrected chi connectivity index (χ2v) is 11.3. The molecule has 0 aliphatic heterocycles. The molecule has 0 amide bonds. The number of fused-ring (bicyclic) bond motifs is 2. The molecule has 2 bridgehead atoms. The average molecular weight is 534 g/mol. The molecule has 29 heavy (non-hydrogen) atoms. The maximum atomic E-state index is 15.0. The summed E-state index contributed by atoms with van der Waals surface area (Å²) in [5.74, 6) is 1.69. The summed E-state index contributed by atoms with van der Waals surface area (Å²) < 4.78 is 21.2. The van der Waals surface area contributed by atoms with E-state index in [1.165, 1.54) is 38.2 Å². The molecule has 3 saturated carbocycles. The second kappa shape index (κ2) is 8.52. The van der Waals surface area contributed by atoms with Gasteiger partial charge in [0.15, 0.2) is 3.79 Å². The van der Waals surface area contributed by atoms with Crippen LogP contribution in [-0.2, 0) is 4.79 Å². The Morgan fingerprint density at radius 2 is 1.97 bits per heavy atom. The van der Waals surface area contributed by atoms with E-state index >= 15 is 0 Å². The molecule has 0 radical (unpaired) electrons. The van der Waals surface area contributed by atoms with Crippen LogP contribution in [0.4, 0.5) is 10.1 Å². The largest absolute Gasteiger partial charge is 0.491 e. The molecule has 0 heterocycles. The van der Waals surface area contributed by atoms with Crippen LogP contribution in [0.25, 0.3) is 0 Å². The van der Waals surface area contributed by atoms with Gasteiger partial charge in [-0.2, -0.15) is 0 Å². The number of hydrogen-bond acceptors (Lipinski definition) is 3. The van der Waals surface area contributed by atoms with Gasteiger partial charge in [-0.3, -0.25) is 4.79 Å². The van der Waals surface area contributed by atoms with E-state index < -0.39 is 0 Å². The molecule has 0 N–H and O–H groups in total. The summed E-state index contributed by atoms with van der Waals surface area (Å²) in [5.41, 5.74) is 0.593. The maximum absolute atomic E-state index is 15.0. The molecule has 0 saturated heterocycles. The summed E-state index contributed by atoms with van der Waals surface area (Å²) in [6.07, 6.45) is 9.20. The number of hydrogen-bond donors (Lipinski definition) is 0. The summed E-state index contributed by atoms with van der Waals surface area (Å²) in [7, 11) is 1.86. The number of carbonyl (C=O) groups excluding carboxylic acids is 1. The summed E-state index contributed by atoms with van der Waals surface area (Å²) in [6.45, 7) is 2.88. The van der Waals surface area contributed by atoms with Gasteiger partial charge in [-0.15, -0.1) is 0 Å². The Morgan fingerprint density at radius 3 is 2.62 bits per heavy atom. The Labute approximate surface area is 191 Å². The zero-order chi connectivity index (χ0) is 20.8. The fourth-order valence-corrected chi connectivity index (χ4v) is 7.08. The molecule has 1 unspecified atom stereocenters.